The topological polar surface area (TPSA) is 276 Å². The fourth-order valence-electron chi connectivity index (χ4n) is 4.28. The number of amides is 3. The fraction of sp³-hybridized carbons (Fsp3) is 0.414. The van der Waals surface area contributed by atoms with Crippen LogP contribution in [0.1, 0.15) is 37.3 Å². The molecule has 246 valence electrons. The Balaban J connectivity index is 2.35. The molecule has 0 spiro atoms. The number of aromatic hydroxyl groups is 3. The number of benzene rings is 2. The van der Waals surface area contributed by atoms with Crippen molar-refractivity contribution >= 4 is 41.4 Å². The molecule has 13 N–H and O–H groups in total. The number of nitrogens with zero attached hydrogens (tertiary/aromatic N) is 1. The van der Waals surface area contributed by atoms with Crippen molar-refractivity contribution in [3.05, 3.63) is 47.5 Å². The van der Waals surface area contributed by atoms with Gasteiger partial charge in [0.25, 0.3) is 0 Å². The summed E-state index contributed by atoms with van der Waals surface area (Å²) in [6.07, 6.45) is 0.702. The van der Waals surface area contributed by atoms with Gasteiger partial charge in [-0.3, -0.25) is 19.4 Å². The molecule has 15 nitrogen and oxygen atoms in total. The molecule has 0 aliphatic rings. The SMILES string of the molecule is CC(=O)N[C@@H](Cc1ccc(O)cc1)C(=O)N[C@@H](Cc1cc(O)c(O)c(SCCN)c1)C(=O)N[C@@H](CCCCN=C(N)N)C(=O)O. The summed E-state index contributed by atoms with van der Waals surface area (Å²) in [5.74, 6) is -3.83. The smallest absolute Gasteiger partial charge is 0.326 e. The van der Waals surface area contributed by atoms with E-state index in [0.717, 1.165) is 0 Å². The zero-order valence-electron chi connectivity index (χ0n) is 24.9. The summed E-state index contributed by atoms with van der Waals surface area (Å²) in [6.45, 7) is 1.80. The van der Waals surface area contributed by atoms with Crippen LogP contribution in [0.3, 0.4) is 0 Å². The summed E-state index contributed by atoms with van der Waals surface area (Å²) >= 11 is 1.18. The maximum Gasteiger partial charge on any atom is 0.326 e. The average Bonchev–Trinajstić information content (AvgIpc) is 2.97. The largest absolute Gasteiger partial charge is 0.508 e. The monoisotopic (exact) mass is 647 g/mol. The highest BCUT2D eigenvalue weighted by Gasteiger charge is 2.30. The molecule has 2 aromatic rings. The molecular formula is C29H41N7O8S. The molecule has 3 atom stereocenters. The van der Waals surface area contributed by atoms with Crippen LogP contribution in [0.4, 0.5) is 0 Å². The van der Waals surface area contributed by atoms with Crippen molar-refractivity contribution in [2.75, 3.05) is 18.8 Å². The number of unbranched alkanes of at least 4 members (excludes halogenated alkanes) is 1. The van der Waals surface area contributed by atoms with Crippen LogP contribution in [0, 0.1) is 0 Å². The van der Waals surface area contributed by atoms with E-state index in [0.29, 0.717) is 41.2 Å². The van der Waals surface area contributed by atoms with E-state index in [1.807, 2.05) is 0 Å². The number of phenols is 3. The highest BCUT2D eigenvalue weighted by molar-refractivity contribution is 7.99. The van der Waals surface area contributed by atoms with Crippen molar-refractivity contribution in [1.82, 2.24) is 16.0 Å². The summed E-state index contributed by atoms with van der Waals surface area (Å²) in [4.78, 5) is 55.1. The van der Waals surface area contributed by atoms with Gasteiger partial charge in [-0.05, 0) is 54.7 Å². The maximum atomic E-state index is 13.5. The van der Waals surface area contributed by atoms with E-state index in [4.69, 9.17) is 17.2 Å². The Bertz CT molecular complexity index is 1350. The molecule has 0 aliphatic heterocycles. The molecule has 0 radical (unpaired) electrons. The van der Waals surface area contributed by atoms with Crippen LogP contribution in [-0.2, 0) is 32.0 Å². The van der Waals surface area contributed by atoms with Gasteiger partial charge in [-0.1, -0.05) is 12.1 Å². The first-order chi connectivity index (χ1) is 21.3. The van der Waals surface area contributed by atoms with E-state index in [1.54, 1.807) is 12.1 Å². The second-order valence-electron chi connectivity index (χ2n) is 10.2. The lowest BCUT2D eigenvalue weighted by molar-refractivity contribution is -0.142. The number of aliphatic imine (C=N–C) groups is 1. The standard InChI is InChI=1S/C29H41N7O8S/c1-16(37)34-21(12-17-5-7-19(38)8-6-17)26(41)36-22(13-18-14-23(39)25(40)24(15-18)45-11-9-30)27(42)35-20(28(43)44)4-2-3-10-33-29(31)32/h5-8,14-15,20-22,38-40H,2-4,9-13,30H2,1H3,(H,34,37)(H,35,42)(H,36,41)(H,43,44)(H4,31,32,33)/t20-,21-,22-/m0/s1. The Labute approximate surface area is 264 Å². The third-order valence-electron chi connectivity index (χ3n) is 6.44. The molecule has 0 saturated heterocycles. The number of phenolic OH excluding ortho intramolecular Hbond substituents is 3. The molecule has 0 aliphatic carbocycles. The van der Waals surface area contributed by atoms with Gasteiger partial charge in [0.15, 0.2) is 17.5 Å². The first-order valence-corrected chi connectivity index (χ1v) is 15.1. The van der Waals surface area contributed by atoms with Gasteiger partial charge in [-0.25, -0.2) is 4.79 Å². The minimum absolute atomic E-state index is 0.0152. The number of hydrogen-bond acceptors (Lipinski definition) is 10. The van der Waals surface area contributed by atoms with Gasteiger partial charge < -0.3 is 53.6 Å². The number of carbonyl (C=O) groups is 4. The number of carboxylic acid groups (broad SMARTS) is 1. The molecular weight excluding hydrogens is 606 g/mol. The number of thioether (sulfide) groups is 1. The van der Waals surface area contributed by atoms with Gasteiger partial charge in [0.2, 0.25) is 17.7 Å². The molecule has 45 heavy (non-hydrogen) atoms. The van der Waals surface area contributed by atoms with Crippen LogP contribution in [0.15, 0.2) is 46.3 Å². The van der Waals surface area contributed by atoms with E-state index in [1.165, 1.54) is 43.0 Å². The molecule has 0 heterocycles. The molecule has 2 aromatic carbocycles. The van der Waals surface area contributed by atoms with E-state index < -0.39 is 47.6 Å². The minimum Gasteiger partial charge on any atom is -0.508 e. The Morgan fingerprint density at radius 3 is 2.04 bits per heavy atom. The van der Waals surface area contributed by atoms with Crippen molar-refractivity contribution in [1.29, 1.82) is 0 Å². The molecule has 2 rings (SSSR count). The van der Waals surface area contributed by atoms with E-state index in [-0.39, 0.29) is 43.3 Å². The van der Waals surface area contributed by atoms with Crippen molar-refractivity contribution in [3.63, 3.8) is 0 Å². The van der Waals surface area contributed by atoms with Gasteiger partial charge in [0, 0.05) is 38.6 Å². The molecule has 0 bridgehead atoms. The molecule has 0 aromatic heterocycles. The molecule has 0 saturated carbocycles. The van der Waals surface area contributed by atoms with Crippen LogP contribution in [-0.4, -0.2) is 87.0 Å². The average molecular weight is 648 g/mol. The number of guanidine groups is 1. The lowest BCUT2D eigenvalue weighted by Crippen LogP contribution is -2.56. The second-order valence-corrected chi connectivity index (χ2v) is 11.3. The van der Waals surface area contributed by atoms with Crippen molar-refractivity contribution in [2.45, 2.75) is 62.0 Å². The van der Waals surface area contributed by atoms with Crippen LogP contribution in [0.25, 0.3) is 0 Å². The van der Waals surface area contributed by atoms with Crippen molar-refractivity contribution in [3.8, 4) is 17.2 Å². The first-order valence-electron chi connectivity index (χ1n) is 14.1. The third kappa shape index (κ3) is 12.8. The van der Waals surface area contributed by atoms with Crippen molar-refractivity contribution in [2.24, 2.45) is 22.2 Å². The number of carbonyl (C=O) groups excluding carboxylic acids is 3. The quantitative estimate of drug-likeness (QED) is 0.0327. The molecule has 0 fully saturated rings. The van der Waals surface area contributed by atoms with Gasteiger partial charge in [-0.2, -0.15) is 0 Å². The zero-order chi connectivity index (χ0) is 33.5. The van der Waals surface area contributed by atoms with Crippen LogP contribution in [0.2, 0.25) is 0 Å². The molecule has 0 unspecified atom stereocenters. The van der Waals surface area contributed by atoms with Crippen molar-refractivity contribution < 1.29 is 39.6 Å². The zero-order valence-corrected chi connectivity index (χ0v) is 25.7. The predicted molar refractivity (Wildman–Crippen MR) is 169 cm³/mol. The van der Waals surface area contributed by atoms with Crippen LogP contribution >= 0.6 is 11.8 Å². The lowest BCUT2D eigenvalue weighted by atomic mass is 10.0. The lowest BCUT2D eigenvalue weighted by Gasteiger charge is -2.25. The second kappa shape index (κ2) is 18.2. The molecule has 3 amide bonds. The Morgan fingerprint density at radius 1 is 0.867 bits per heavy atom. The Hall–Kier alpha value is -4.70. The third-order valence-corrected chi connectivity index (χ3v) is 7.50. The first kappa shape index (κ1) is 36.5. The number of rotatable bonds is 18. The van der Waals surface area contributed by atoms with Crippen LogP contribution in [0.5, 0.6) is 17.2 Å². The summed E-state index contributed by atoms with van der Waals surface area (Å²) in [5.41, 5.74) is 17.1. The number of nitrogens with two attached hydrogens (primary N) is 3. The summed E-state index contributed by atoms with van der Waals surface area (Å²) in [5, 5.41) is 47.6. The summed E-state index contributed by atoms with van der Waals surface area (Å²) in [7, 11) is 0. The van der Waals surface area contributed by atoms with E-state index in [9.17, 15) is 39.6 Å². The van der Waals surface area contributed by atoms with Gasteiger partial charge in [-0.15, -0.1) is 11.8 Å². The molecule has 16 heteroatoms. The Kier molecular flexibility index (Phi) is 14.7. The van der Waals surface area contributed by atoms with Gasteiger partial charge in [0.05, 0.1) is 4.90 Å². The normalized spacial score (nSPS) is 12.8. The van der Waals surface area contributed by atoms with Crippen LogP contribution < -0.4 is 33.2 Å². The Morgan fingerprint density at radius 2 is 1.47 bits per heavy atom. The highest BCUT2D eigenvalue weighted by Crippen LogP contribution is 2.37. The summed E-state index contributed by atoms with van der Waals surface area (Å²) in [6, 6.07) is 4.98. The predicted octanol–water partition coefficient (Wildman–Crippen LogP) is -0.358. The van der Waals surface area contributed by atoms with E-state index >= 15 is 0 Å². The number of nitrogens with one attached hydrogen (secondary N) is 3. The summed E-state index contributed by atoms with van der Waals surface area (Å²) < 4.78 is 0. The fourth-order valence-corrected chi connectivity index (χ4v) is 5.10. The van der Waals surface area contributed by atoms with E-state index in [2.05, 4.69) is 20.9 Å². The maximum absolute atomic E-state index is 13.5. The van der Waals surface area contributed by atoms with Gasteiger partial charge >= 0.3 is 5.97 Å². The van der Waals surface area contributed by atoms with Gasteiger partial charge in [0.1, 0.15) is 23.9 Å². The minimum atomic E-state index is -1.35. The number of aliphatic carboxylic acids is 1. The highest BCUT2D eigenvalue weighted by atomic mass is 32.2. The number of carboxylic acids is 1. The number of hydrogen-bond donors (Lipinski definition) is 10.